The zero-order valence-electron chi connectivity index (χ0n) is 32.0. The van der Waals surface area contributed by atoms with Crippen molar-refractivity contribution in [2.45, 2.75) is 149 Å². The normalized spacial score (nSPS) is 14.4. The summed E-state index contributed by atoms with van der Waals surface area (Å²) in [7, 11) is -4.30. The first-order chi connectivity index (χ1) is 24.8. The van der Waals surface area contributed by atoms with Gasteiger partial charge in [0.05, 0.1) is 13.2 Å². The molecule has 0 saturated carbocycles. The lowest BCUT2D eigenvalue weighted by Crippen LogP contribution is -2.29. The van der Waals surface area contributed by atoms with E-state index in [9.17, 15) is 19.0 Å². The molecule has 0 radical (unpaired) electrons. The first-order valence-electron chi connectivity index (χ1n) is 19.4. The highest BCUT2D eigenvalue weighted by Gasteiger charge is 2.25. The first-order valence-corrected chi connectivity index (χ1v) is 20.9. The van der Waals surface area contributed by atoms with Crippen LogP contribution in [0.1, 0.15) is 143 Å². The molecule has 290 valence electrons. The lowest BCUT2D eigenvalue weighted by molar-refractivity contribution is -0.161. The van der Waals surface area contributed by atoms with Gasteiger partial charge in [0.2, 0.25) is 0 Å². The number of carbonyl (C=O) groups excluding carboxylic acids is 2. The van der Waals surface area contributed by atoms with Gasteiger partial charge >= 0.3 is 19.8 Å². The molecule has 0 saturated heterocycles. The maximum absolute atomic E-state index is 12.5. The highest BCUT2D eigenvalue weighted by molar-refractivity contribution is 7.47. The number of rotatable bonds is 34. The van der Waals surface area contributed by atoms with E-state index in [1.54, 1.807) is 6.92 Å². The molecule has 51 heavy (non-hydrogen) atoms. The van der Waals surface area contributed by atoms with Gasteiger partial charge in [-0.25, -0.2) is 4.57 Å². The summed E-state index contributed by atoms with van der Waals surface area (Å²) >= 11 is 0. The van der Waals surface area contributed by atoms with Gasteiger partial charge in [0.25, 0.3) is 0 Å². The van der Waals surface area contributed by atoms with E-state index in [1.807, 2.05) is 12.2 Å². The van der Waals surface area contributed by atoms with Crippen molar-refractivity contribution in [3.63, 3.8) is 0 Å². The van der Waals surface area contributed by atoms with Crippen molar-refractivity contribution in [3.05, 3.63) is 85.1 Å². The Bertz CT molecular complexity index is 1100. The third kappa shape index (κ3) is 36.8. The highest BCUT2D eigenvalue weighted by Crippen LogP contribution is 2.43. The molecular weight excluding hydrogens is 663 g/mol. The van der Waals surface area contributed by atoms with Gasteiger partial charge in [-0.3, -0.25) is 18.6 Å². The molecule has 0 spiro atoms. The number of hydrogen-bond acceptors (Lipinski definition) is 7. The van der Waals surface area contributed by atoms with E-state index in [4.69, 9.17) is 18.5 Å². The second kappa shape index (κ2) is 37.0. The Labute approximate surface area is 310 Å². The number of esters is 2. The van der Waals surface area contributed by atoms with Gasteiger partial charge in [0.1, 0.15) is 6.61 Å². The molecule has 2 atom stereocenters. The molecule has 0 aliphatic carbocycles. The van der Waals surface area contributed by atoms with Gasteiger partial charge < -0.3 is 14.4 Å². The van der Waals surface area contributed by atoms with Gasteiger partial charge in [-0.05, 0) is 84.0 Å². The van der Waals surface area contributed by atoms with Crippen LogP contribution in [0.4, 0.5) is 0 Å². The molecule has 0 rings (SSSR count). The standard InChI is InChI=1S/C42H69O8P/c1-4-7-9-11-13-15-17-19-20-21-22-23-24-25-27-29-31-33-35-37-42(44)50-40(39-49-51(45,46)48-6-3)38-47-41(43)36-34-32-30-28-26-18-16-14-12-10-8-5-2/h7,9,13-16,19-20,22-23,25,27,31,33,40H,4-6,8,10-12,17-18,21,24,26,28-30,32,34-39H2,1-3H3,(H,45,46)/b9-7-,15-13-,16-14-,20-19-,23-22-,27-25-,33-31-. The Morgan fingerprint density at radius 1 is 0.549 bits per heavy atom. The molecule has 8 nitrogen and oxygen atoms in total. The van der Waals surface area contributed by atoms with E-state index in [2.05, 4.69) is 86.8 Å². The van der Waals surface area contributed by atoms with E-state index in [0.717, 1.165) is 83.5 Å². The van der Waals surface area contributed by atoms with Crippen molar-refractivity contribution < 1.29 is 37.6 Å². The van der Waals surface area contributed by atoms with Crippen LogP contribution in [0.5, 0.6) is 0 Å². The number of phosphoric acid groups is 1. The Kier molecular flexibility index (Phi) is 35.0. The quantitative estimate of drug-likeness (QED) is 0.0301. The number of hydrogen-bond donors (Lipinski definition) is 1. The van der Waals surface area contributed by atoms with Crippen LogP contribution in [-0.2, 0) is 32.7 Å². The predicted molar refractivity (Wildman–Crippen MR) is 211 cm³/mol. The van der Waals surface area contributed by atoms with Crippen molar-refractivity contribution in [2.75, 3.05) is 19.8 Å². The minimum Gasteiger partial charge on any atom is -0.462 e. The van der Waals surface area contributed by atoms with Crippen molar-refractivity contribution in [1.82, 2.24) is 0 Å². The van der Waals surface area contributed by atoms with E-state index >= 15 is 0 Å². The zero-order chi connectivity index (χ0) is 37.5. The molecule has 0 aliphatic heterocycles. The third-order valence-electron chi connectivity index (χ3n) is 7.45. The summed E-state index contributed by atoms with van der Waals surface area (Å²) in [5.41, 5.74) is 0. The van der Waals surface area contributed by atoms with Crippen LogP contribution in [-0.4, -0.2) is 42.8 Å². The predicted octanol–water partition coefficient (Wildman–Crippen LogP) is 11.9. The van der Waals surface area contributed by atoms with Crippen LogP contribution >= 0.6 is 7.82 Å². The van der Waals surface area contributed by atoms with Crippen molar-refractivity contribution in [1.29, 1.82) is 0 Å². The fourth-order valence-corrected chi connectivity index (χ4v) is 5.40. The number of ether oxygens (including phenoxy) is 2. The number of phosphoric ester groups is 1. The summed E-state index contributed by atoms with van der Waals surface area (Å²) in [5, 5.41) is 0. The molecular formula is C42H69O8P. The van der Waals surface area contributed by atoms with Crippen LogP contribution in [0, 0.1) is 0 Å². The highest BCUT2D eigenvalue weighted by atomic mass is 31.2. The smallest absolute Gasteiger partial charge is 0.462 e. The third-order valence-corrected chi connectivity index (χ3v) is 8.51. The lowest BCUT2D eigenvalue weighted by atomic mass is 10.1. The van der Waals surface area contributed by atoms with Gasteiger partial charge in [-0.2, -0.15) is 0 Å². The van der Waals surface area contributed by atoms with Gasteiger partial charge in [-0.15, -0.1) is 0 Å². The summed E-state index contributed by atoms with van der Waals surface area (Å²) < 4.78 is 32.4. The van der Waals surface area contributed by atoms with E-state index in [-0.39, 0.29) is 26.1 Å². The van der Waals surface area contributed by atoms with E-state index in [1.165, 1.54) is 19.3 Å². The van der Waals surface area contributed by atoms with Gasteiger partial charge in [0.15, 0.2) is 6.10 Å². The minimum atomic E-state index is -4.30. The number of carbonyl (C=O) groups is 2. The van der Waals surface area contributed by atoms with Crippen molar-refractivity contribution >= 4 is 19.8 Å². The average molecular weight is 733 g/mol. The molecule has 0 aromatic rings. The molecule has 1 N–H and O–H groups in total. The van der Waals surface area contributed by atoms with Crippen LogP contribution in [0.2, 0.25) is 0 Å². The topological polar surface area (TPSA) is 108 Å². The monoisotopic (exact) mass is 732 g/mol. The molecule has 0 amide bonds. The SMILES string of the molecule is CC/C=C\C/C=C\C/C=C\C/C=C\C/C=C\C/C=C\CCC(=O)OC(COC(=O)CCCCCCC/C=C\CCCCC)COP(=O)(O)OCC. The van der Waals surface area contributed by atoms with Crippen LogP contribution in [0.3, 0.4) is 0 Å². The van der Waals surface area contributed by atoms with E-state index < -0.39 is 32.5 Å². The molecule has 0 fully saturated rings. The van der Waals surface area contributed by atoms with Crippen molar-refractivity contribution in [3.8, 4) is 0 Å². The maximum atomic E-state index is 12.5. The molecule has 0 aromatic heterocycles. The Morgan fingerprint density at radius 2 is 1.04 bits per heavy atom. The van der Waals surface area contributed by atoms with Gasteiger partial charge in [-0.1, -0.05) is 131 Å². The summed E-state index contributed by atoms with van der Waals surface area (Å²) in [6.45, 7) is 5.20. The van der Waals surface area contributed by atoms with Crippen LogP contribution in [0.15, 0.2) is 85.1 Å². The molecule has 0 aliphatic rings. The Balaban J connectivity index is 4.32. The summed E-state index contributed by atoms with van der Waals surface area (Å²) in [6, 6.07) is 0. The van der Waals surface area contributed by atoms with Gasteiger partial charge in [0, 0.05) is 12.8 Å². The summed E-state index contributed by atoms with van der Waals surface area (Å²) in [5.74, 6) is -0.916. The van der Waals surface area contributed by atoms with E-state index in [0.29, 0.717) is 6.42 Å². The largest absolute Gasteiger partial charge is 0.472 e. The maximum Gasteiger partial charge on any atom is 0.472 e. The minimum absolute atomic E-state index is 0.0189. The second-order valence-electron chi connectivity index (χ2n) is 12.2. The number of allylic oxidation sites excluding steroid dienone is 14. The Hall–Kier alpha value is -2.77. The molecule has 0 heterocycles. The molecule has 0 aromatic carbocycles. The average Bonchev–Trinajstić information content (AvgIpc) is 3.10. The lowest BCUT2D eigenvalue weighted by Gasteiger charge is -2.19. The zero-order valence-corrected chi connectivity index (χ0v) is 32.9. The first kappa shape index (κ1) is 48.2. The summed E-state index contributed by atoms with van der Waals surface area (Å²) in [4.78, 5) is 34.6. The van der Waals surface area contributed by atoms with Crippen LogP contribution in [0.25, 0.3) is 0 Å². The Morgan fingerprint density at radius 3 is 1.59 bits per heavy atom. The van der Waals surface area contributed by atoms with Crippen LogP contribution < -0.4 is 0 Å². The second-order valence-corrected chi connectivity index (χ2v) is 13.7. The molecule has 9 heteroatoms. The van der Waals surface area contributed by atoms with Crippen molar-refractivity contribution in [2.24, 2.45) is 0 Å². The molecule has 0 bridgehead atoms. The fraction of sp³-hybridized carbons (Fsp3) is 0.619. The summed E-state index contributed by atoms with van der Waals surface area (Å²) in [6.07, 6.45) is 46.5. The number of unbranched alkanes of at least 4 members (excludes halogenated alkanes) is 8. The molecule has 2 unspecified atom stereocenters. The fourth-order valence-electron chi connectivity index (χ4n) is 4.65.